The molecule has 0 radical (unpaired) electrons. The minimum atomic E-state index is -3.53. The molecule has 0 fully saturated rings. The molecule has 2 rings (SSSR count). The predicted molar refractivity (Wildman–Crippen MR) is 115 cm³/mol. The number of methoxy groups -OCH3 is 1. The van der Waals surface area contributed by atoms with E-state index in [0.29, 0.717) is 17.0 Å². The molecule has 0 unspecified atom stereocenters. The molecule has 0 aliphatic carbocycles. The molecule has 0 aliphatic rings. The molecule has 0 bridgehead atoms. The van der Waals surface area contributed by atoms with Crippen LogP contribution in [-0.2, 0) is 26.6 Å². The highest BCUT2D eigenvalue weighted by molar-refractivity contribution is 7.92. The Morgan fingerprint density at radius 1 is 1.00 bits per heavy atom. The van der Waals surface area contributed by atoms with E-state index in [2.05, 4.69) is 5.32 Å². The van der Waals surface area contributed by atoms with Gasteiger partial charge in [-0.05, 0) is 35.9 Å². The van der Waals surface area contributed by atoms with Gasteiger partial charge in [0.05, 0.1) is 29.5 Å². The molecule has 11 heteroatoms. The Morgan fingerprint density at radius 3 is 2.10 bits per heavy atom. The van der Waals surface area contributed by atoms with Gasteiger partial charge in [-0.25, -0.2) is 21.1 Å². The average molecular weight is 456 g/mol. The number of amides is 1. The molecule has 0 spiro atoms. The maximum atomic E-state index is 12.7. The fourth-order valence-electron chi connectivity index (χ4n) is 2.53. The summed E-state index contributed by atoms with van der Waals surface area (Å²) < 4.78 is 55.2. The number of sulfonamides is 2. The lowest BCUT2D eigenvalue weighted by atomic mass is 10.1. The minimum Gasteiger partial charge on any atom is -0.496 e. The summed E-state index contributed by atoms with van der Waals surface area (Å²) >= 11 is 0. The number of benzene rings is 2. The van der Waals surface area contributed by atoms with Crippen LogP contribution in [0.25, 0.3) is 0 Å². The van der Waals surface area contributed by atoms with Crippen molar-refractivity contribution in [1.82, 2.24) is 9.62 Å². The minimum absolute atomic E-state index is 0.149. The van der Waals surface area contributed by atoms with Crippen LogP contribution >= 0.6 is 0 Å². The third kappa shape index (κ3) is 5.29. The number of anilines is 1. The highest BCUT2D eigenvalue weighted by Crippen LogP contribution is 2.26. The summed E-state index contributed by atoms with van der Waals surface area (Å²) in [5.41, 5.74) is 1.20. The molecule has 0 saturated carbocycles. The second-order valence-corrected chi connectivity index (χ2v) is 10.9. The second-order valence-electron chi connectivity index (χ2n) is 6.73. The lowest BCUT2D eigenvalue weighted by molar-refractivity contribution is 0.0948. The molecule has 1 amide bonds. The number of hydrogen-bond donors (Lipinski definition) is 1. The largest absolute Gasteiger partial charge is 0.496 e. The summed E-state index contributed by atoms with van der Waals surface area (Å²) in [7, 11) is -1.31. The third-order valence-corrected chi connectivity index (χ3v) is 7.48. The fourth-order valence-corrected chi connectivity index (χ4v) is 3.93. The Balaban J connectivity index is 2.20. The van der Waals surface area contributed by atoms with Crippen molar-refractivity contribution in [3.63, 3.8) is 0 Å². The Labute approximate surface area is 177 Å². The Morgan fingerprint density at radius 2 is 1.60 bits per heavy atom. The van der Waals surface area contributed by atoms with Gasteiger partial charge in [0.2, 0.25) is 20.0 Å². The average Bonchev–Trinajstić information content (AvgIpc) is 2.70. The molecule has 164 valence electrons. The number of carbonyl (C=O) groups excluding carboxylic acids is 1. The monoisotopic (exact) mass is 455 g/mol. The molecule has 2 aromatic carbocycles. The third-order valence-electron chi connectivity index (χ3n) is 4.44. The lowest BCUT2D eigenvalue weighted by Gasteiger charge is -2.18. The number of nitrogens with zero attached hydrogens (tertiary/aromatic N) is 2. The van der Waals surface area contributed by atoms with Crippen molar-refractivity contribution in [3.8, 4) is 5.75 Å². The van der Waals surface area contributed by atoms with Gasteiger partial charge in [0, 0.05) is 27.7 Å². The second kappa shape index (κ2) is 9.02. The van der Waals surface area contributed by atoms with Crippen molar-refractivity contribution in [1.29, 1.82) is 0 Å². The van der Waals surface area contributed by atoms with Crippen molar-refractivity contribution < 1.29 is 26.4 Å². The van der Waals surface area contributed by atoms with Gasteiger partial charge in [0.25, 0.3) is 5.91 Å². The van der Waals surface area contributed by atoms with Crippen LogP contribution in [0.4, 0.5) is 5.69 Å². The summed E-state index contributed by atoms with van der Waals surface area (Å²) in [6.45, 7) is 0.149. The van der Waals surface area contributed by atoms with E-state index in [1.165, 1.54) is 52.5 Å². The van der Waals surface area contributed by atoms with Gasteiger partial charge in [-0.15, -0.1) is 0 Å². The number of carbonyl (C=O) groups is 1. The van der Waals surface area contributed by atoms with Crippen molar-refractivity contribution in [2.24, 2.45) is 0 Å². The van der Waals surface area contributed by atoms with Gasteiger partial charge in [0.15, 0.2) is 0 Å². The van der Waals surface area contributed by atoms with Gasteiger partial charge in [0.1, 0.15) is 5.75 Å². The normalized spacial score (nSPS) is 11.9. The van der Waals surface area contributed by atoms with Crippen LogP contribution in [0, 0.1) is 0 Å². The maximum absolute atomic E-state index is 12.7. The van der Waals surface area contributed by atoms with Gasteiger partial charge in [-0.1, -0.05) is 12.1 Å². The highest BCUT2D eigenvalue weighted by atomic mass is 32.2. The van der Waals surface area contributed by atoms with Gasteiger partial charge in [-0.3, -0.25) is 9.10 Å². The molecular weight excluding hydrogens is 430 g/mol. The predicted octanol–water partition coefficient (Wildman–Crippen LogP) is 1.27. The zero-order valence-electron chi connectivity index (χ0n) is 17.4. The van der Waals surface area contributed by atoms with E-state index in [0.717, 1.165) is 14.9 Å². The molecule has 0 heterocycles. The summed E-state index contributed by atoms with van der Waals surface area (Å²) in [4.78, 5) is 12.8. The van der Waals surface area contributed by atoms with E-state index < -0.39 is 26.0 Å². The standard InChI is InChI=1S/C19H25N3O6S2/c1-21(2)30(26,27)16-9-6-14(7-10-16)13-20-19(23)17-12-15(8-11-18(17)28-4)22(3)29(5,24)25/h6-12H,13H2,1-5H3,(H,20,23). The summed E-state index contributed by atoms with van der Waals surface area (Å²) in [5.74, 6) is -0.161. The van der Waals surface area contributed by atoms with Crippen LogP contribution in [0.3, 0.4) is 0 Å². The molecule has 30 heavy (non-hydrogen) atoms. The number of hydrogen-bond acceptors (Lipinski definition) is 6. The zero-order chi connectivity index (χ0) is 22.7. The first kappa shape index (κ1) is 23.6. The van der Waals surface area contributed by atoms with E-state index in [1.807, 2.05) is 0 Å². The summed E-state index contributed by atoms with van der Waals surface area (Å²) in [6.07, 6.45) is 1.07. The first-order valence-electron chi connectivity index (χ1n) is 8.79. The maximum Gasteiger partial charge on any atom is 0.255 e. The fraction of sp³-hybridized carbons (Fsp3) is 0.316. The van der Waals surface area contributed by atoms with Crippen LogP contribution in [-0.4, -0.2) is 61.6 Å². The molecule has 0 atom stereocenters. The van der Waals surface area contributed by atoms with E-state index in [4.69, 9.17) is 4.74 Å². The van der Waals surface area contributed by atoms with Crippen LogP contribution in [0.1, 0.15) is 15.9 Å². The molecule has 0 saturated heterocycles. The van der Waals surface area contributed by atoms with E-state index in [9.17, 15) is 21.6 Å². The van der Waals surface area contributed by atoms with Crippen LogP contribution in [0.15, 0.2) is 47.4 Å². The zero-order valence-corrected chi connectivity index (χ0v) is 19.0. The first-order chi connectivity index (χ1) is 13.9. The van der Waals surface area contributed by atoms with Crippen LogP contribution in [0.5, 0.6) is 5.75 Å². The van der Waals surface area contributed by atoms with Gasteiger partial charge < -0.3 is 10.1 Å². The van der Waals surface area contributed by atoms with E-state index in [1.54, 1.807) is 18.2 Å². The molecule has 0 aromatic heterocycles. The Hall–Kier alpha value is -2.63. The topological polar surface area (TPSA) is 113 Å². The number of nitrogens with one attached hydrogen (secondary N) is 1. The number of rotatable bonds is 8. The number of ether oxygens (including phenoxy) is 1. The summed E-state index contributed by atoms with van der Waals surface area (Å²) in [5, 5.41) is 2.73. The molecule has 9 nitrogen and oxygen atoms in total. The SMILES string of the molecule is COc1ccc(N(C)S(C)(=O)=O)cc1C(=O)NCc1ccc(S(=O)(=O)N(C)C)cc1. The van der Waals surface area contributed by atoms with E-state index >= 15 is 0 Å². The highest BCUT2D eigenvalue weighted by Gasteiger charge is 2.19. The first-order valence-corrected chi connectivity index (χ1v) is 12.1. The van der Waals surface area contributed by atoms with Crippen molar-refractivity contribution >= 4 is 31.6 Å². The molecule has 0 aliphatic heterocycles. The van der Waals surface area contributed by atoms with Crippen molar-refractivity contribution in [2.45, 2.75) is 11.4 Å². The van der Waals surface area contributed by atoms with Crippen molar-refractivity contribution in [2.75, 3.05) is 38.8 Å². The Bertz CT molecular complexity index is 1130. The quantitative estimate of drug-likeness (QED) is 0.641. The van der Waals surface area contributed by atoms with Crippen LogP contribution in [0.2, 0.25) is 0 Å². The Kier molecular flexibility index (Phi) is 7.11. The summed E-state index contributed by atoms with van der Waals surface area (Å²) in [6, 6.07) is 10.7. The molecule has 1 N–H and O–H groups in total. The smallest absolute Gasteiger partial charge is 0.255 e. The molecular formula is C19H25N3O6S2. The van der Waals surface area contributed by atoms with Crippen LogP contribution < -0.4 is 14.4 Å². The van der Waals surface area contributed by atoms with Crippen molar-refractivity contribution in [3.05, 3.63) is 53.6 Å². The molecule has 2 aromatic rings. The van der Waals surface area contributed by atoms with Gasteiger partial charge >= 0.3 is 0 Å². The lowest BCUT2D eigenvalue weighted by Crippen LogP contribution is -2.27. The van der Waals surface area contributed by atoms with Gasteiger partial charge in [-0.2, -0.15) is 0 Å². The van der Waals surface area contributed by atoms with E-state index in [-0.39, 0.29) is 17.0 Å².